The highest BCUT2D eigenvalue weighted by Gasteiger charge is 2.07. The zero-order chi connectivity index (χ0) is 8.27. The molecule has 0 atom stereocenters. The van der Waals surface area contributed by atoms with E-state index in [2.05, 4.69) is 41.4 Å². The minimum Gasteiger partial charge on any atom is -0.448 e. The molecule has 3 heteroatoms. The van der Waals surface area contributed by atoms with Gasteiger partial charge in [0.15, 0.2) is 6.39 Å². The first-order valence-electron chi connectivity index (χ1n) is 3.71. The van der Waals surface area contributed by atoms with Crippen LogP contribution >= 0.6 is 22.6 Å². The maximum atomic E-state index is 5.25. The Morgan fingerprint density at radius 2 is 2.36 bits per heavy atom. The van der Waals surface area contributed by atoms with Crippen LogP contribution in [0.2, 0.25) is 0 Å². The molecule has 2 nitrogen and oxygen atoms in total. The fourth-order valence-electron chi connectivity index (χ4n) is 0.939. The van der Waals surface area contributed by atoms with Crippen LogP contribution in [0.25, 0.3) is 0 Å². The molecule has 0 unspecified atom stereocenters. The quantitative estimate of drug-likeness (QED) is 0.620. The Hall–Kier alpha value is -0.0600. The zero-order valence-corrected chi connectivity index (χ0v) is 8.96. The highest BCUT2D eigenvalue weighted by Crippen LogP contribution is 2.14. The van der Waals surface area contributed by atoms with E-state index in [-0.39, 0.29) is 0 Å². The van der Waals surface area contributed by atoms with Crippen LogP contribution in [0.5, 0.6) is 0 Å². The van der Waals surface area contributed by atoms with Gasteiger partial charge >= 0.3 is 0 Å². The molecule has 1 rings (SSSR count). The Morgan fingerprint density at radius 3 is 2.91 bits per heavy atom. The maximum Gasteiger partial charge on any atom is 0.181 e. The molecule has 11 heavy (non-hydrogen) atoms. The van der Waals surface area contributed by atoms with Gasteiger partial charge in [0.2, 0.25) is 0 Å². The lowest BCUT2D eigenvalue weighted by Crippen LogP contribution is -1.95. The predicted octanol–water partition coefficient (Wildman–Crippen LogP) is 2.81. The van der Waals surface area contributed by atoms with Crippen molar-refractivity contribution >= 4 is 22.6 Å². The molecule has 0 radical (unpaired) electrons. The van der Waals surface area contributed by atoms with Gasteiger partial charge in [0.25, 0.3) is 0 Å². The third-order valence-electron chi connectivity index (χ3n) is 1.45. The van der Waals surface area contributed by atoms with Crippen molar-refractivity contribution in [2.24, 2.45) is 5.92 Å². The predicted molar refractivity (Wildman–Crippen MR) is 52.8 cm³/mol. The van der Waals surface area contributed by atoms with Gasteiger partial charge in [0.1, 0.15) is 5.76 Å². The molecule has 0 aliphatic carbocycles. The van der Waals surface area contributed by atoms with Crippen molar-refractivity contribution in [2.75, 3.05) is 0 Å². The Morgan fingerprint density at radius 1 is 1.64 bits per heavy atom. The summed E-state index contributed by atoms with van der Waals surface area (Å²) in [6.45, 7) is 4.36. The topological polar surface area (TPSA) is 26.0 Å². The van der Waals surface area contributed by atoms with Crippen molar-refractivity contribution in [2.45, 2.75) is 24.7 Å². The van der Waals surface area contributed by atoms with Crippen molar-refractivity contribution in [3.63, 3.8) is 0 Å². The molecule has 0 amide bonds. The molecule has 1 aromatic rings. The van der Waals surface area contributed by atoms with Crippen LogP contribution in [0.15, 0.2) is 10.8 Å². The largest absolute Gasteiger partial charge is 0.448 e. The molecule has 0 saturated carbocycles. The van der Waals surface area contributed by atoms with E-state index in [1.54, 1.807) is 0 Å². The standard InChI is InChI=1S/C8H12INO/c1-6(2)3-8-7(4-9)10-5-11-8/h5-6H,3-4H2,1-2H3. The summed E-state index contributed by atoms with van der Waals surface area (Å²) < 4.78 is 6.19. The number of nitrogens with zero attached hydrogens (tertiary/aromatic N) is 1. The Bertz CT molecular complexity index is 220. The molecule has 0 fully saturated rings. The summed E-state index contributed by atoms with van der Waals surface area (Å²) in [6.07, 6.45) is 2.53. The molecule has 0 aliphatic heterocycles. The summed E-state index contributed by atoms with van der Waals surface area (Å²) in [7, 11) is 0. The molecule has 0 spiro atoms. The van der Waals surface area contributed by atoms with Gasteiger partial charge in [-0.2, -0.15) is 0 Å². The molecule has 1 heterocycles. The minimum atomic E-state index is 0.643. The van der Waals surface area contributed by atoms with Crippen molar-refractivity contribution in [3.8, 4) is 0 Å². The van der Waals surface area contributed by atoms with Crippen LogP contribution in [0, 0.1) is 5.92 Å². The van der Waals surface area contributed by atoms with Crippen molar-refractivity contribution in [1.82, 2.24) is 4.98 Å². The van der Waals surface area contributed by atoms with E-state index in [0.29, 0.717) is 5.92 Å². The van der Waals surface area contributed by atoms with Gasteiger partial charge in [-0.25, -0.2) is 4.98 Å². The first kappa shape index (κ1) is 9.03. The number of hydrogen-bond acceptors (Lipinski definition) is 2. The van der Waals surface area contributed by atoms with Gasteiger partial charge in [-0.15, -0.1) is 0 Å². The summed E-state index contributed by atoms with van der Waals surface area (Å²) in [4.78, 5) is 4.11. The van der Waals surface area contributed by atoms with E-state index >= 15 is 0 Å². The fourth-order valence-corrected chi connectivity index (χ4v) is 1.56. The number of rotatable bonds is 3. The van der Waals surface area contributed by atoms with E-state index in [9.17, 15) is 0 Å². The highest BCUT2D eigenvalue weighted by molar-refractivity contribution is 14.1. The average Bonchev–Trinajstić information content (AvgIpc) is 2.34. The second kappa shape index (κ2) is 4.09. The first-order chi connectivity index (χ1) is 5.24. The minimum absolute atomic E-state index is 0.643. The number of halogens is 1. The summed E-state index contributed by atoms with van der Waals surface area (Å²) in [5.74, 6) is 1.69. The van der Waals surface area contributed by atoms with Gasteiger partial charge in [-0.3, -0.25) is 0 Å². The number of aromatic nitrogens is 1. The lowest BCUT2D eigenvalue weighted by atomic mass is 10.1. The third kappa shape index (κ3) is 2.47. The van der Waals surface area contributed by atoms with E-state index < -0.39 is 0 Å². The molecule has 0 saturated heterocycles. The molecule has 62 valence electrons. The van der Waals surface area contributed by atoms with Crippen LogP contribution in [0.3, 0.4) is 0 Å². The van der Waals surface area contributed by atoms with Gasteiger partial charge in [0, 0.05) is 10.8 Å². The van der Waals surface area contributed by atoms with Gasteiger partial charge in [-0.05, 0) is 5.92 Å². The van der Waals surface area contributed by atoms with E-state index in [1.807, 2.05) is 0 Å². The SMILES string of the molecule is CC(C)Cc1ocnc1CI. The molecule has 1 aromatic heterocycles. The van der Waals surface area contributed by atoms with E-state index in [1.165, 1.54) is 6.39 Å². The second-order valence-corrected chi connectivity index (χ2v) is 3.72. The first-order valence-corrected chi connectivity index (χ1v) is 5.23. The van der Waals surface area contributed by atoms with Gasteiger partial charge in [0.05, 0.1) is 5.69 Å². The molecular weight excluding hydrogens is 253 g/mol. The maximum absolute atomic E-state index is 5.25. The Labute approximate surface area is 80.5 Å². The normalized spacial score (nSPS) is 10.9. The number of oxazole rings is 1. The van der Waals surface area contributed by atoms with Crippen LogP contribution in [0.4, 0.5) is 0 Å². The summed E-state index contributed by atoms with van der Waals surface area (Å²) in [6, 6.07) is 0. The molecule has 0 aromatic carbocycles. The van der Waals surface area contributed by atoms with Gasteiger partial charge < -0.3 is 4.42 Å². The van der Waals surface area contributed by atoms with E-state index in [4.69, 9.17) is 4.42 Å². The molecule has 0 aliphatic rings. The highest BCUT2D eigenvalue weighted by atomic mass is 127. The van der Waals surface area contributed by atoms with Crippen LogP contribution in [-0.4, -0.2) is 4.98 Å². The van der Waals surface area contributed by atoms with Crippen molar-refractivity contribution in [1.29, 1.82) is 0 Å². The summed E-state index contributed by atoms with van der Waals surface area (Å²) >= 11 is 2.30. The van der Waals surface area contributed by atoms with Crippen molar-refractivity contribution < 1.29 is 4.42 Å². The van der Waals surface area contributed by atoms with E-state index in [0.717, 1.165) is 22.3 Å². The van der Waals surface area contributed by atoms with Crippen LogP contribution < -0.4 is 0 Å². The summed E-state index contributed by atoms with van der Waals surface area (Å²) in [5.41, 5.74) is 1.10. The van der Waals surface area contributed by atoms with Crippen LogP contribution in [-0.2, 0) is 10.8 Å². The fraction of sp³-hybridized carbons (Fsp3) is 0.625. The second-order valence-electron chi connectivity index (χ2n) is 2.95. The summed E-state index contributed by atoms with van der Waals surface area (Å²) in [5, 5.41) is 0. The average molecular weight is 265 g/mol. The van der Waals surface area contributed by atoms with Gasteiger partial charge in [-0.1, -0.05) is 36.4 Å². The Balaban J connectivity index is 2.68. The van der Waals surface area contributed by atoms with Crippen LogP contribution in [0.1, 0.15) is 25.3 Å². The molecule has 0 N–H and O–H groups in total. The lowest BCUT2D eigenvalue weighted by molar-refractivity contribution is 0.467. The zero-order valence-electron chi connectivity index (χ0n) is 6.80. The third-order valence-corrected chi connectivity index (χ3v) is 2.17. The smallest absolute Gasteiger partial charge is 0.181 e. The lowest BCUT2D eigenvalue weighted by Gasteiger charge is -2.00. The molecular formula is C8H12INO. The monoisotopic (exact) mass is 265 g/mol. The molecule has 0 bridgehead atoms. The number of hydrogen-bond donors (Lipinski definition) is 0. The number of alkyl halides is 1. The Kier molecular flexibility index (Phi) is 3.36. The van der Waals surface area contributed by atoms with Crippen molar-refractivity contribution in [3.05, 3.63) is 17.8 Å².